The van der Waals surface area contributed by atoms with Gasteiger partial charge in [-0.05, 0) is 31.7 Å². The first kappa shape index (κ1) is 10.4. The minimum atomic E-state index is -0.251. The zero-order valence-electron chi connectivity index (χ0n) is 9.83. The summed E-state index contributed by atoms with van der Waals surface area (Å²) in [6.45, 7) is 1.91. The molecule has 4 heteroatoms. The Balaban J connectivity index is 2.32. The predicted octanol–water partition coefficient (Wildman–Crippen LogP) is 2.96. The second kappa shape index (κ2) is 3.65. The first-order chi connectivity index (χ1) is 8.20. The second-order valence-corrected chi connectivity index (χ2v) is 4.48. The molecule has 0 aromatic carbocycles. The Kier molecular flexibility index (Phi) is 2.24. The van der Waals surface area contributed by atoms with Crippen molar-refractivity contribution in [1.29, 1.82) is 0 Å². The summed E-state index contributed by atoms with van der Waals surface area (Å²) in [5, 5.41) is 0. The van der Waals surface area contributed by atoms with Crippen molar-refractivity contribution in [1.82, 2.24) is 9.97 Å². The van der Waals surface area contributed by atoms with Crippen LogP contribution in [0.5, 0.6) is 5.88 Å². The van der Waals surface area contributed by atoms with E-state index in [9.17, 15) is 4.39 Å². The van der Waals surface area contributed by atoms with Crippen LogP contribution in [-0.4, -0.2) is 17.1 Å². The van der Waals surface area contributed by atoms with Crippen molar-refractivity contribution in [2.75, 3.05) is 7.11 Å². The summed E-state index contributed by atoms with van der Waals surface area (Å²) in [5.41, 5.74) is 3.01. The van der Waals surface area contributed by atoms with Gasteiger partial charge in [0.25, 0.3) is 0 Å². The van der Waals surface area contributed by atoms with Crippen LogP contribution in [0.4, 0.5) is 4.39 Å². The molecule has 2 aromatic rings. The summed E-state index contributed by atoms with van der Waals surface area (Å²) in [6, 6.07) is 1.90. The highest BCUT2D eigenvalue weighted by Crippen LogP contribution is 2.44. The fourth-order valence-electron chi connectivity index (χ4n) is 2.15. The number of halogens is 1. The molecule has 3 nitrogen and oxygen atoms in total. The van der Waals surface area contributed by atoms with Crippen LogP contribution in [-0.2, 0) is 0 Å². The van der Waals surface area contributed by atoms with E-state index in [1.807, 2.05) is 13.0 Å². The molecule has 1 aliphatic carbocycles. The van der Waals surface area contributed by atoms with Gasteiger partial charge in [-0.2, -0.15) is 0 Å². The van der Waals surface area contributed by atoms with E-state index in [4.69, 9.17) is 4.74 Å². The Morgan fingerprint density at radius 3 is 2.82 bits per heavy atom. The van der Waals surface area contributed by atoms with E-state index in [1.165, 1.54) is 6.20 Å². The van der Waals surface area contributed by atoms with Crippen LogP contribution in [0.25, 0.3) is 11.0 Å². The SMILES string of the molecule is COc1nc2c(C3CC3)c(F)cnc2cc1C. The van der Waals surface area contributed by atoms with Crippen molar-refractivity contribution in [3.63, 3.8) is 0 Å². The third kappa shape index (κ3) is 1.64. The van der Waals surface area contributed by atoms with Crippen molar-refractivity contribution >= 4 is 11.0 Å². The van der Waals surface area contributed by atoms with Crippen LogP contribution in [0.2, 0.25) is 0 Å². The average molecular weight is 232 g/mol. The van der Waals surface area contributed by atoms with Gasteiger partial charge in [-0.3, -0.25) is 4.98 Å². The molecule has 2 aromatic heterocycles. The molecule has 0 unspecified atom stereocenters. The Morgan fingerprint density at radius 2 is 2.18 bits per heavy atom. The standard InChI is InChI=1S/C13H13FN2O/c1-7-5-10-12(16-13(7)17-2)11(8-3-4-8)9(14)6-15-10/h5-6,8H,3-4H2,1-2H3. The number of aryl methyl sites for hydroxylation is 1. The molecule has 0 spiro atoms. The molecular weight excluding hydrogens is 219 g/mol. The molecule has 0 saturated heterocycles. The predicted molar refractivity (Wildman–Crippen MR) is 62.8 cm³/mol. The third-order valence-electron chi connectivity index (χ3n) is 3.15. The first-order valence-electron chi connectivity index (χ1n) is 5.70. The first-order valence-corrected chi connectivity index (χ1v) is 5.70. The molecule has 0 N–H and O–H groups in total. The number of aromatic nitrogens is 2. The maximum absolute atomic E-state index is 13.8. The summed E-state index contributed by atoms with van der Waals surface area (Å²) >= 11 is 0. The molecular formula is C13H13FN2O. The molecule has 2 heterocycles. The van der Waals surface area contributed by atoms with Gasteiger partial charge in [0.05, 0.1) is 24.3 Å². The van der Waals surface area contributed by atoms with E-state index in [1.54, 1.807) is 7.11 Å². The number of hydrogen-bond acceptors (Lipinski definition) is 3. The Hall–Kier alpha value is -1.71. The van der Waals surface area contributed by atoms with Gasteiger partial charge < -0.3 is 4.74 Å². The molecule has 1 aliphatic rings. The summed E-state index contributed by atoms with van der Waals surface area (Å²) in [6.07, 6.45) is 3.37. The van der Waals surface area contributed by atoms with E-state index in [2.05, 4.69) is 9.97 Å². The third-order valence-corrected chi connectivity index (χ3v) is 3.15. The molecule has 0 aliphatic heterocycles. The minimum Gasteiger partial charge on any atom is -0.481 e. The molecule has 1 fully saturated rings. The van der Waals surface area contributed by atoms with E-state index < -0.39 is 0 Å². The smallest absolute Gasteiger partial charge is 0.216 e. The number of rotatable bonds is 2. The molecule has 0 amide bonds. The molecule has 88 valence electrons. The van der Waals surface area contributed by atoms with E-state index in [-0.39, 0.29) is 5.82 Å². The van der Waals surface area contributed by atoms with Crippen molar-refractivity contribution < 1.29 is 9.13 Å². The van der Waals surface area contributed by atoms with Crippen LogP contribution in [0, 0.1) is 12.7 Å². The summed E-state index contributed by atoms with van der Waals surface area (Å²) < 4.78 is 19.0. The Morgan fingerprint density at radius 1 is 1.41 bits per heavy atom. The fraction of sp³-hybridized carbons (Fsp3) is 0.385. The van der Waals surface area contributed by atoms with Gasteiger partial charge in [0.15, 0.2) is 0 Å². The van der Waals surface area contributed by atoms with Crippen LogP contribution in [0.15, 0.2) is 12.3 Å². The Bertz CT molecular complexity index is 593. The lowest BCUT2D eigenvalue weighted by Crippen LogP contribution is -1.98. The second-order valence-electron chi connectivity index (χ2n) is 4.48. The molecule has 1 saturated carbocycles. The number of nitrogens with zero attached hydrogens (tertiary/aromatic N) is 2. The van der Waals surface area contributed by atoms with Crippen molar-refractivity contribution in [3.05, 3.63) is 29.2 Å². The summed E-state index contributed by atoms with van der Waals surface area (Å²) in [4.78, 5) is 8.49. The van der Waals surface area contributed by atoms with Crippen molar-refractivity contribution in [2.24, 2.45) is 0 Å². The quantitative estimate of drug-likeness (QED) is 0.798. The number of fused-ring (bicyclic) bond motifs is 1. The van der Waals surface area contributed by atoms with E-state index in [0.717, 1.165) is 23.9 Å². The number of methoxy groups -OCH3 is 1. The van der Waals surface area contributed by atoms with Gasteiger partial charge in [-0.1, -0.05) is 0 Å². The van der Waals surface area contributed by atoms with Crippen molar-refractivity contribution in [2.45, 2.75) is 25.7 Å². The fourth-order valence-corrected chi connectivity index (χ4v) is 2.15. The van der Waals surface area contributed by atoms with Gasteiger partial charge in [-0.25, -0.2) is 9.37 Å². The number of hydrogen-bond donors (Lipinski definition) is 0. The van der Waals surface area contributed by atoms with E-state index in [0.29, 0.717) is 22.9 Å². The molecule has 3 rings (SSSR count). The van der Waals surface area contributed by atoms with Gasteiger partial charge in [0.2, 0.25) is 5.88 Å². The summed E-state index contributed by atoms with van der Waals surface area (Å²) in [7, 11) is 1.57. The number of pyridine rings is 2. The molecule has 0 atom stereocenters. The highest BCUT2D eigenvalue weighted by Gasteiger charge is 2.29. The zero-order chi connectivity index (χ0) is 12.0. The molecule has 0 radical (unpaired) electrons. The molecule has 0 bridgehead atoms. The van der Waals surface area contributed by atoms with Crippen LogP contribution in [0.1, 0.15) is 29.9 Å². The lowest BCUT2D eigenvalue weighted by atomic mass is 10.1. The lowest BCUT2D eigenvalue weighted by molar-refractivity contribution is 0.396. The minimum absolute atomic E-state index is 0.251. The van der Waals surface area contributed by atoms with Gasteiger partial charge in [0.1, 0.15) is 5.82 Å². The normalized spacial score (nSPS) is 15.2. The maximum atomic E-state index is 13.8. The average Bonchev–Trinajstić information content (AvgIpc) is 3.12. The van der Waals surface area contributed by atoms with Gasteiger partial charge >= 0.3 is 0 Å². The monoisotopic (exact) mass is 232 g/mol. The lowest BCUT2D eigenvalue weighted by Gasteiger charge is -2.09. The van der Waals surface area contributed by atoms with Crippen LogP contribution in [0.3, 0.4) is 0 Å². The van der Waals surface area contributed by atoms with Gasteiger partial charge in [-0.15, -0.1) is 0 Å². The van der Waals surface area contributed by atoms with Crippen LogP contribution >= 0.6 is 0 Å². The maximum Gasteiger partial charge on any atom is 0.216 e. The number of ether oxygens (including phenoxy) is 1. The topological polar surface area (TPSA) is 35.0 Å². The van der Waals surface area contributed by atoms with Gasteiger partial charge in [0, 0.05) is 11.1 Å². The van der Waals surface area contributed by atoms with E-state index >= 15 is 0 Å². The Labute approximate surface area is 98.7 Å². The highest BCUT2D eigenvalue weighted by molar-refractivity contribution is 5.80. The molecule has 17 heavy (non-hydrogen) atoms. The highest BCUT2D eigenvalue weighted by atomic mass is 19.1. The largest absolute Gasteiger partial charge is 0.481 e. The van der Waals surface area contributed by atoms with Crippen LogP contribution < -0.4 is 4.74 Å². The summed E-state index contributed by atoms with van der Waals surface area (Å²) in [5.74, 6) is 0.602. The zero-order valence-corrected chi connectivity index (χ0v) is 9.83. The van der Waals surface area contributed by atoms with Crippen molar-refractivity contribution in [3.8, 4) is 5.88 Å².